The lowest BCUT2D eigenvalue weighted by Crippen LogP contribution is -2.26. The number of thiophene rings is 1. The molecule has 5 nitrogen and oxygen atoms in total. The fraction of sp³-hybridized carbons (Fsp3) is 0.556. The maximum Gasteiger partial charge on any atom is 0.341 e. The molecule has 34 heavy (non-hydrogen) atoms. The third-order valence-corrected chi connectivity index (χ3v) is 8.21. The largest absolute Gasteiger partial charge is 0.493 e. The van der Waals surface area contributed by atoms with Gasteiger partial charge in [-0.1, -0.05) is 62.9 Å². The summed E-state index contributed by atoms with van der Waals surface area (Å²) < 4.78 is 11.8. The summed E-state index contributed by atoms with van der Waals surface area (Å²) in [5.41, 5.74) is 2.16. The summed E-state index contributed by atoms with van der Waals surface area (Å²) in [6, 6.07) is 5.44. The molecule has 2 aromatic rings. The highest BCUT2D eigenvalue weighted by Gasteiger charge is 2.34. The molecule has 186 valence electrons. The number of benzene rings is 1. The Morgan fingerprint density at radius 2 is 1.97 bits per heavy atom. The van der Waals surface area contributed by atoms with E-state index in [1.807, 2.05) is 12.1 Å². The molecule has 0 radical (unpaired) electrons. The minimum Gasteiger partial charge on any atom is -0.493 e. The second-order valence-corrected chi connectivity index (χ2v) is 12.0. The molecule has 0 saturated carbocycles. The normalized spacial score (nSPS) is 15.5. The number of fused-ring (bicyclic) bond motifs is 1. The Balaban J connectivity index is 1.85. The molecule has 0 fully saturated rings. The second kappa shape index (κ2) is 11.7. The number of carbonyl (C=O) groups is 2. The zero-order chi connectivity index (χ0) is 24.9. The van der Waals surface area contributed by atoms with Gasteiger partial charge in [-0.25, -0.2) is 4.79 Å². The van der Waals surface area contributed by atoms with Crippen molar-refractivity contribution >= 4 is 44.1 Å². The monoisotopic (exact) mass is 549 g/mol. The minimum atomic E-state index is -0.399. The molecule has 1 amide bonds. The van der Waals surface area contributed by atoms with Gasteiger partial charge in [-0.3, -0.25) is 4.79 Å². The van der Waals surface area contributed by atoms with Crippen LogP contribution in [0.25, 0.3) is 0 Å². The summed E-state index contributed by atoms with van der Waals surface area (Å²) in [6.07, 6.45) is 7.13. The number of anilines is 1. The van der Waals surface area contributed by atoms with Crippen molar-refractivity contribution in [1.82, 2.24) is 0 Å². The van der Waals surface area contributed by atoms with Crippen molar-refractivity contribution in [2.45, 2.75) is 72.6 Å². The van der Waals surface area contributed by atoms with E-state index in [1.165, 1.54) is 29.7 Å². The van der Waals surface area contributed by atoms with Gasteiger partial charge < -0.3 is 14.8 Å². The third-order valence-electron chi connectivity index (χ3n) is 6.55. The maximum atomic E-state index is 13.4. The lowest BCUT2D eigenvalue weighted by Gasteiger charge is -2.33. The number of esters is 1. The minimum absolute atomic E-state index is 0.191. The molecule has 3 rings (SSSR count). The van der Waals surface area contributed by atoms with Gasteiger partial charge in [0.05, 0.1) is 24.8 Å². The average Bonchev–Trinajstić information content (AvgIpc) is 3.15. The highest BCUT2D eigenvalue weighted by molar-refractivity contribution is 9.10. The Kier molecular flexibility index (Phi) is 9.21. The van der Waals surface area contributed by atoms with Crippen molar-refractivity contribution in [2.75, 3.05) is 19.0 Å². The molecule has 1 aliphatic rings. The van der Waals surface area contributed by atoms with E-state index in [1.54, 1.807) is 6.07 Å². The molecule has 1 aromatic heterocycles. The molecule has 1 atom stereocenters. The molecule has 0 spiro atoms. The van der Waals surface area contributed by atoms with Gasteiger partial charge in [-0.05, 0) is 60.8 Å². The molecule has 0 aliphatic heterocycles. The van der Waals surface area contributed by atoms with Gasteiger partial charge in [-0.15, -0.1) is 11.3 Å². The molecule has 1 aromatic carbocycles. The van der Waals surface area contributed by atoms with E-state index in [4.69, 9.17) is 9.47 Å². The van der Waals surface area contributed by atoms with Crippen molar-refractivity contribution in [3.8, 4) is 5.75 Å². The van der Waals surface area contributed by atoms with Gasteiger partial charge in [0, 0.05) is 9.35 Å². The Bertz CT molecular complexity index is 1020. The first-order chi connectivity index (χ1) is 16.2. The standard InChI is InChI=1S/C27H36BrNO4S/c1-6-7-8-9-14-33-21-13-11-18(28)16-20(21)24(30)29-25-23(26(31)32-5)19-12-10-17(27(2,3)4)15-22(19)34-25/h11,13,16-17H,6-10,12,14-15H2,1-5H3,(H,29,30). The zero-order valence-corrected chi connectivity index (χ0v) is 23.3. The van der Waals surface area contributed by atoms with E-state index in [0.717, 1.165) is 48.6 Å². The first kappa shape index (κ1) is 26.7. The molecule has 1 unspecified atom stereocenters. The first-order valence-corrected chi connectivity index (χ1v) is 13.7. The Labute approximate surface area is 215 Å². The van der Waals surface area contributed by atoms with E-state index < -0.39 is 5.97 Å². The molecule has 1 heterocycles. The number of unbranched alkanes of at least 4 members (excludes halogenated alkanes) is 3. The van der Waals surface area contributed by atoms with Crippen LogP contribution in [0.1, 0.15) is 91.0 Å². The number of methoxy groups -OCH3 is 1. The van der Waals surface area contributed by atoms with Gasteiger partial charge >= 0.3 is 5.97 Å². The zero-order valence-electron chi connectivity index (χ0n) is 20.9. The molecular weight excluding hydrogens is 514 g/mol. The van der Waals surface area contributed by atoms with E-state index in [0.29, 0.717) is 34.4 Å². The average molecular weight is 551 g/mol. The highest BCUT2D eigenvalue weighted by Crippen LogP contribution is 2.44. The van der Waals surface area contributed by atoms with Crippen molar-refractivity contribution in [3.05, 3.63) is 44.2 Å². The van der Waals surface area contributed by atoms with Crippen LogP contribution in [-0.2, 0) is 17.6 Å². The molecule has 1 N–H and O–H groups in total. The molecule has 0 bridgehead atoms. The maximum absolute atomic E-state index is 13.4. The lowest BCUT2D eigenvalue weighted by atomic mass is 9.72. The Morgan fingerprint density at radius 3 is 2.65 bits per heavy atom. The van der Waals surface area contributed by atoms with Gasteiger partial charge in [0.1, 0.15) is 10.8 Å². The van der Waals surface area contributed by atoms with Gasteiger partial charge in [0.2, 0.25) is 0 Å². The number of rotatable bonds is 9. The SMILES string of the molecule is CCCCCCOc1ccc(Br)cc1C(=O)Nc1sc2c(c1C(=O)OC)CCC(C(C)(C)C)C2. The summed E-state index contributed by atoms with van der Waals surface area (Å²) >= 11 is 4.97. The van der Waals surface area contributed by atoms with Crippen molar-refractivity contribution in [1.29, 1.82) is 0 Å². The molecule has 7 heteroatoms. The number of amides is 1. The predicted octanol–water partition coefficient (Wildman–Crippen LogP) is 7.66. The third kappa shape index (κ3) is 6.42. The smallest absolute Gasteiger partial charge is 0.341 e. The molecule has 1 aliphatic carbocycles. The van der Waals surface area contributed by atoms with Crippen molar-refractivity contribution in [2.24, 2.45) is 11.3 Å². The number of nitrogens with one attached hydrogen (secondary N) is 1. The van der Waals surface area contributed by atoms with E-state index in [9.17, 15) is 9.59 Å². The van der Waals surface area contributed by atoms with Crippen LogP contribution in [0.3, 0.4) is 0 Å². The quantitative estimate of drug-likeness (QED) is 0.257. The van der Waals surface area contributed by atoms with Crippen molar-refractivity contribution in [3.63, 3.8) is 0 Å². The van der Waals surface area contributed by atoms with Crippen LogP contribution in [0.2, 0.25) is 0 Å². The Hall–Kier alpha value is -1.86. The van der Waals surface area contributed by atoms with Crippen LogP contribution in [0, 0.1) is 11.3 Å². The number of hydrogen-bond donors (Lipinski definition) is 1. The van der Waals surface area contributed by atoms with E-state index in [2.05, 4.69) is 48.9 Å². The number of carbonyl (C=O) groups excluding carboxylic acids is 2. The fourth-order valence-corrected chi connectivity index (χ4v) is 6.09. The van der Waals surface area contributed by atoms with Gasteiger partial charge in [-0.2, -0.15) is 0 Å². The molecule has 0 saturated heterocycles. The highest BCUT2D eigenvalue weighted by atomic mass is 79.9. The van der Waals surface area contributed by atoms with Crippen LogP contribution in [0.15, 0.2) is 22.7 Å². The van der Waals surface area contributed by atoms with Crippen LogP contribution in [0.4, 0.5) is 5.00 Å². The fourth-order valence-electron chi connectivity index (χ4n) is 4.42. The Morgan fingerprint density at radius 1 is 1.21 bits per heavy atom. The van der Waals surface area contributed by atoms with E-state index >= 15 is 0 Å². The summed E-state index contributed by atoms with van der Waals surface area (Å²) in [4.78, 5) is 27.2. The number of hydrogen-bond acceptors (Lipinski definition) is 5. The first-order valence-electron chi connectivity index (χ1n) is 12.1. The lowest BCUT2D eigenvalue weighted by molar-refractivity contribution is 0.0600. The summed E-state index contributed by atoms with van der Waals surface area (Å²) in [5.74, 6) is 0.390. The van der Waals surface area contributed by atoms with Crippen molar-refractivity contribution < 1.29 is 19.1 Å². The van der Waals surface area contributed by atoms with Gasteiger partial charge in [0.15, 0.2) is 0 Å². The van der Waals surface area contributed by atoms with Crippen LogP contribution >= 0.6 is 27.3 Å². The topological polar surface area (TPSA) is 64.6 Å². The predicted molar refractivity (Wildman–Crippen MR) is 142 cm³/mol. The number of halogens is 1. The second-order valence-electron chi connectivity index (χ2n) is 10.0. The summed E-state index contributed by atoms with van der Waals surface area (Å²) in [7, 11) is 1.39. The number of ether oxygens (including phenoxy) is 2. The van der Waals surface area contributed by atoms with E-state index in [-0.39, 0.29) is 11.3 Å². The van der Waals surface area contributed by atoms with Crippen LogP contribution in [-0.4, -0.2) is 25.6 Å². The van der Waals surface area contributed by atoms with Crippen LogP contribution < -0.4 is 10.1 Å². The van der Waals surface area contributed by atoms with Gasteiger partial charge in [0.25, 0.3) is 5.91 Å². The summed E-state index contributed by atoms with van der Waals surface area (Å²) in [5, 5.41) is 3.57. The molecular formula is C27H36BrNO4S. The summed E-state index contributed by atoms with van der Waals surface area (Å²) in [6.45, 7) is 9.52. The van der Waals surface area contributed by atoms with Crippen LogP contribution in [0.5, 0.6) is 5.75 Å².